The van der Waals surface area contributed by atoms with Crippen LogP contribution in [0.3, 0.4) is 0 Å². The molecular weight excluding hydrogens is 837 g/mol. The molecule has 0 fully saturated rings. The number of carbonyl (C=O) groups is 7. The van der Waals surface area contributed by atoms with Crippen molar-refractivity contribution in [3.63, 3.8) is 0 Å². The Morgan fingerprint density at radius 3 is 1.91 bits per heavy atom. The standard InChI is InChI=1S/C48H72N6O11/c1-6-7-8-9-10-11-12-13-14-15-16-17-18-19-41(58)53(4)38(30-55)46(62)49-25-24-31(2)44(60)50-29-42(59)54(5)43-34-21-23-40(57)36(28-34)35-26-33(20-22-39(35)56)27-37(48(64)65)52-45(61)32(3)51-47(43)63/h20-23,26,28,31-32,37-38,43,55-57H,6-19,24-25,27,29-30H2,1-5H3,(H,49,62)(H,50,60)(H,51,63)(H,52,61)(H,64,65)/t31-,32-,37-,38+,43-/m0/s1. The van der Waals surface area contributed by atoms with Crippen LogP contribution in [0.4, 0.5) is 0 Å². The molecular formula is C48H72N6O11. The number of carboxylic acids is 1. The number of likely N-dealkylation sites (N-methyl/N-ethyl adjacent to an activating group) is 2. The maximum atomic E-state index is 13.9. The van der Waals surface area contributed by atoms with Gasteiger partial charge in [0.1, 0.15) is 35.7 Å². The van der Waals surface area contributed by atoms with E-state index in [4.69, 9.17) is 0 Å². The number of rotatable bonds is 25. The van der Waals surface area contributed by atoms with Gasteiger partial charge in [-0.3, -0.25) is 28.8 Å². The molecule has 6 amide bonds. The van der Waals surface area contributed by atoms with Gasteiger partial charge in [0.2, 0.25) is 35.4 Å². The number of benzene rings is 2. The summed E-state index contributed by atoms with van der Waals surface area (Å²) in [6.07, 6.45) is 15.7. The zero-order chi connectivity index (χ0) is 48.1. The van der Waals surface area contributed by atoms with Crippen molar-refractivity contribution < 1.29 is 54.0 Å². The van der Waals surface area contributed by atoms with E-state index < -0.39 is 78.7 Å². The summed E-state index contributed by atoms with van der Waals surface area (Å²) in [7, 11) is 2.80. The van der Waals surface area contributed by atoms with Crippen molar-refractivity contribution >= 4 is 41.4 Å². The van der Waals surface area contributed by atoms with E-state index in [2.05, 4.69) is 28.2 Å². The number of amides is 6. The summed E-state index contributed by atoms with van der Waals surface area (Å²) in [5, 5.41) is 51.6. The fourth-order valence-electron chi connectivity index (χ4n) is 7.80. The number of nitrogens with one attached hydrogen (secondary N) is 4. The van der Waals surface area contributed by atoms with E-state index in [0.717, 1.165) is 24.2 Å². The SMILES string of the molecule is CCCCCCCCCCCCCCCC(=O)N(C)[C@H](CO)C(=O)NCC[C@H](C)C(=O)NCC(=O)N(C)[C@@H]1C(=O)N[C@@H](C)C(=O)N[C@H](C(=O)O)Cc2ccc(O)c(c2)-c2cc1ccc2O. The first kappa shape index (κ1) is 53.6. The lowest BCUT2D eigenvalue weighted by Crippen LogP contribution is -2.53. The Labute approximate surface area is 383 Å². The maximum absolute atomic E-state index is 13.9. The average Bonchev–Trinajstić information content (AvgIpc) is 3.27. The molecule has 17 nitrogen and oxygen atoms in total. The highest BCUT2D eigenvalue weighted by Crippen LogP contribution is 2.38. The summed E-state index contributed by atoms with van der Waals surface area (Å²) < 4.78 is 0. The molecule has 1 heterocycles. The number of unbranched alkanes of at least 4 members (excludes halogenated alkanes) is 12. The lowest BCUT2D eigenvalue weighted by molar-refractivity contribution is -0.143. The molecule has 8 N–H and O–H groups in total. The highest BCUT2D eigenvalue weighted by Gasteiger charge is 2.33. The second-order valence-electron chi connectivity index (χ2n) is 17.3. The molecule has 5 atom stereocenters. The van der Waals surface area contributed by atoms with Crippen molar-refractivity contribution in [3.05, 3.63) is 47.5 Å². The normalized spacial score (nSPS) is 17.1. The maximum Gasteiger partial charge on any atom is 0.326 e. The minimum atomic E-state index is -1.43. The molecule has 0 spiro atoms. The Bertz CT molecular complexity index is 1930. The van der Waals surface area contributed by atoms with Crippen LogP contribution in [0.1, 0.15) is 134 Å². The van der Waals surface area contributed by atoms with E-state index >= 15 is 0 Å². The Morgan fingerprint density at radius 2 is 1.32 bits per heavy atom. The van der Waals surface area contributed by atoms with Gasteiger partial charge in [-0.05, 0) is 55.2 Å². The molecule has 1 aliphatic heterocycles. The van der Waals surface area contributed by atoms with Crippen molar-refractivity contribution in [2.24, 2.45) is 5.92 Å². The number of carboxylic acid groups (broad SMARTS) is 1. The minimum absolute atomic E-state index is 0.0432. The van der Waals surface area contributed by atoms with Gasteiger partial charge in [-0.15, -0.1) is 0 Å². The van der Waals surface area contributed by atoms with E-state index in [0.29, 0.717) is 12.0 Å². The number of aliphatic hydroxyl groups excluding tert-OH is 1. The number of nitrogens with zero attached hydrogens (tertiary/aromatic N) is 2. The van der Waals surface area contributed by atoms with Gasteiger partial charge in [0.25, 0.3) is 0 Å². The van der Waals surface area contributed by atoms with Crippen molar-refractivity contribution in [3.8, 4) is 22.6 Å². The number of phenols is 2. The number of aliphatic hydroxyl groups is 1. The predicted octanol–water partition coefficient (Wildman–Crippen LogP) is 4.45. The third-order valence-corrected chi connectivity index (χ3v) is 12.1. The van der Waals surface area contributed by atoms with Crippen LogP contribution >= 0.6 is 0 Å². The van der Waals surface area contributed by atoms with Crippen molar-refractivity contribution in [2.45, 2.75) is 148 Å². The molecule has 65 heavy (non-hydrogen) atoms. The van der Waals surface area contributed by atoms with E-state index in [-0.39, 0.29) is 59.9 Å². The van der Waals surface area contributed by atoms with Crippen LogP contribution in [-0.2, 0) is 40.0 Å². The topological polar surface area (TPSA) is 255 Å². The third-order valence-electron chi connectivity index (χ3n) is 12.1. The van der Waals surface area contributed by atoms with E-state index in [1.807, 2.05) is 0 Å². The lowest BCUT2D eigenvalue weighted by Gasteiger charge is -2.30. The number of aromatic hydroxyl groups is 2. The monoisotopic (exact) mass is 909 g/mol. The van der Waals surface area contributed by atoms with Crippen LogP contribution in [0, 0.1) is 5.92 Å². The fourth-order valence-corrected chi connectivity index (χ4v) is 7.80. The van der Waals surface area contributed by atoms with E-state index in [1.54, 1.807) is 6.92 Å². The Hall–Kier alpha value is -5.71. The summed E-state index contributed by atoms with van der Waals surface area (Å²) in [5.41, 5.74) is 0.808. The Morgan fingerprint density at radius 1 is 0.754 bits per heavy atom. The van der Waals surface area contributed by atoms with Gasteiger partial charge in [0.15, 0.2) is 0 Å². The molecule has 360 valence electrons. The fraction of sp³-hybridized carbons (Fsp3) is 0.604. The molecule has 0 aromatic heterocycles. The molecule has 0 radical (unpaired) electrons. The van der Waals surface area contributed by atoms with Crippen LogP contribution in [-0.4, -0.2) is 124 Å². The molecule has 17 heteroatoms. The largest absolute Gasteiger partial charge is 0.507 e. The predicted molar refractivity (Wildman–Crippen MR) is 245 cm³/mol. The van der Waals surface area contributed by atoms with Gasteiger partial charge in [0, 0.05) is 50.5 Å². The summed E-state index contributed by atoms with van der Waals surface area (Å²) in [6, 6.07) is 3.18. The highest BCUT2D eigenvalue weighted by atomic mass is 16.4. The Kier molecular flexibility index (Phi) is 22.8. The summed E-state index contributed by atoms with van der Waals surface area (Å²) in [5.74, 6) is -6.22. The molecule has 0 aliphatic carbocycles. The zero-order valence-corrected chi connectivity index (χ0v) is 38.8. The number of aliphatic carboxylic acids is 1. The molecule has 3 rings (SSSR count). The van der Waals surface area contributed by atoms with Crippen molar-refractivity contribution in [1.29, 1.82) is 0 Å². The first-order valence-electron chi connectivity index (χ1n) is 23.2. The first-order chi connectivity index (χ1) is 31.0. The van der Waals surface area contributed by atoms with Crippen LogP contribution in [0.25, 0.3) is 11.1 Å². The molecule has 2 aromatic rings. The van der Waals surface area contributed by atoms with Gasteiger partial charge in [-0.1, -0.05) is 103 Å². The van der Waals surface area contributed by atoms with Gasteiger partial charge in [-0.25, -0.2) is 4.79 Å². The quantitative estimate of drug-likeness (QED) is 0.0646. The number of phenolic OH excluding ortho intramolecular Hbond substituents is 2. The van der Waals surface area contributed by atoms with Gasteiger partial charge in [0.05, 0.1) is 13.2 Å². The smallest absolute Gasteiger partial charge is 0.326 e. The minimum Gasteiger partial charge on any atom is -0.507 e. The highest BCUT2D eigenvalue weighted by molar-refractivity contribution is 5.95. The second-order valence-corrected chi connectivity index (χ2v) is 17.3. The van der Waals surface area contributed by atoms with Crippen LogP contribution in [0.5, 0.6) is 11.5 Å². The van der Waals surface area contributed by atoms with Crippen molar-refractivity contribution in [2.75, 3.05) is 33.8 Å². The summed E-state index contributed by atoms with van der Waals surface area (Å²) in [6.45, 7) is 4.10. The molecule has 1 aliphatic rings. The zero-order valence-electron chi connectivity index (χ0n) is 38.8. The summed E-state index contributed by atoms with van der Waals surface area (Å²) in [4.78, 5) is 93.9. The Balaban J connectivity index is 1.53. The molecule has 4 bridgehead atoms. The molecule has 0 unspecified atom stereocenters. The number of hydrogen-bond acceptors (Lipinski definition) is 10. The molecule has 2 aromatic carbocycles. The van der Waals surface area contributed by atoms with Crippen LogP contribution in [0.2, 0.25) is 0 Å². The van der Waals surface area contributed by atoms with Crippen LogP contribution in [0.15, 0.2) is 36.4 Å². The van der Waals surface area contributed by atoms with Gasteiger partial charge >= 0.3 is 5.97 Å². The number of carbonyl (C=O) groups excluding carboxylic acids is 6. The van der Waals surface area contributed by atoms with Crippen LogP contribution < -0.4 is 21.3 Å². The number of fused-ring (bicyclic) bond motifs is 5. The first-order valence-corrected chi connectivity index (χ1v) is 23.2. The van der Waals surface area contributed by atoms with E-state index in [1.165, 1.54) is 120 Å². The lowest BCUT2D eigenvalue weighted by atomic mass is 9.94. The van der Waals surface area contributed by atoms with Gasteiger partial charge < -0.3 is 51.5 Å². The molecule has 0 saturated carbocycles. The van der Waals surface area contributed by atoms with Crippen molar-refractivity contribution in [1.82, 2.24) is 31.1 Å². The second kappa shape index (κ2) is 27.6. The van der Waals surface area contributed by atoms with E-state index in [9.17, 15) is 54.0 Å². The average molecular weight is 909 g/mol. The molecule has 0 saturated heterocycles. The summed E-state index contributed by atoms with van der Waals surface area (Å²) >= 11 is 0. The third kappa shape index (κ3) is 17.0. The number of hydrogen-bond donors (Lipinski definition) is 8. The van der Waals surface area contributed by atoms with Gasteiger partial charge in [-0.2, -0.15) is 0 Å².